The van der Waals surface area contributed by atoms with Crippen LogP contribution in [0.25, 0.3) is 0 Å². The van der Waals surface area contributed by atoms with Crippen molar-refractivity contribution in [1.29, 1.82) is 0 Å². The van der Waals surface area contributed by atoms with Crippen molar-refractivity contribution in [1.82, 2.24) is 5.32 Å². The van der Waals surface area contributed by atoms with Gasteiger partial charge in [-0.3, -0.25) is 4.79 Å². The highest BCUT2D eigenvalue weighted by Crippen LogP contribution is 2.13. The fraction of sp³-hybridized carbons (Fsp3) is 0.350. The summed E-state index contributed by atoms with van der Waals surface area (Å²) in [5.41, 5.74) is 2.17. The molecule has 5 heteroatoms. The Morgan fingerprint density at radius 2 is 1.80 bits per heavy atom. The monoisotopic (exact) mass is 342 g/mol. The molecule has 0 fully saturated rings. The van der Waals surface area contributed by atoms with Crippen LogP contribution in [0, 0.1) is 0 Å². The molecular weight excluding hydrogens is 316 g/mol. The minimum Gasteiger partial charge on any atom is -0.396 e. The standard InChI is InChI=1S/C20H26N2O3/c1-20(12-13-23,15-25-2)21-14-16-8-10-17(11-9-16)19(24)22-18-6-4-3-5-7-18/h3-11,21,23H,12-15H2,1-2H3,(H,22,24). The number of amides is 1. The van der Waals surface area contributed by atoms with Crippen molar-refractivity contribution in [2.75, 3.05) is 25.6 Å². The minimum absolute atomic E-state index is 0.103. The maximum Gasteiger partial charge on any atom is 0.255 e. The minimum atomic E-state index is -0.285. The van der Waals surface area contributed by atoms with Gasteiger partial charge in [0.25, 0.3) is 5.91 Å². The topological polar surface area (TPSA) is 70.6 Å². The molecule has 0 aliphatic carbocycles. The number of ether oxygens (including phenoxy) is 1. The molecule has 0 aromatic heterocycles. The quantitative estimate of drug-likeness (QED) is 0.655. The Labute approximate surface area is 149 Å². The summed E-state index contributed by atoms with van der Waals surface area (Å²) in [5.74, 6) is -0.129. The highest BCUT2D eigenvalue weighted by atomic mass is 16.5. The molecule has 0 saturated heterocycles. The van der Waals surface area contributed by atoms with Crippen LogP contribution in [0.1, 0.15) is 29.3 Å². The first kappa shape index (κ1) is 19.1. The van der Waals surface area contributed by atoms with E-state index in [-0.39, 0.29) is 18.1 Å². The Morgan fingerprint density at radius 3 is 2.40 bits per heavy atom. The first-order valence-corrected chi connectivity index (χ1v) is 8.36. The third kappa shape index (κ3) is 5.98. The summed E-state index contributed by atoms with van der Waals surface area (Å²) in [5, 5.41) is 15.5. The molecule has 1 atom stereocenters. The van der Waals surface area contributed by atoms with Gasteiger partial charge < -0.3 is 20.5 Å². The first-order chi connectivity index (χ1) is 12.1. The van der Waals surface area contributed by atoms with Crippen LogP contribution >= 0.6 is 0 Å². The van der Waals surface area contributed by atoms with Crippen molar-refractivity contribution in [3.8, 4) is 0 Å². The Balaban J connectivity index is 1.94. The number of carbonyl (C=O) groups is 1. The van der Waals surface area contributed by atoms with Crippen molar-refractivity contribution in [3.05, 3.63) is 65.7 Å². The van der Waals surface area contributed by atoms with Gasteiger partial charge in [-0.05, 0) is 43.2 Å². The van der Waals surface area contributed by atoms with Crippen LogP contribution < -0.4 is 10.6 Å². The summed E-state index contributed by atoms with van der Waals surface area (Å²) in [6.45, 7) is 3.28. The maximum atomic E-state index is 12.2. The van der Waals surface area contributed by atoms with Gasteiger partial charge in [0.1, 0.15) is 0 Å². The first-order valence-electron chi connectivity index (χ1n) is 8.36. The van der Waals surface area contributed by atoms with Gasteiger partial charge in [0, 0.05) is 37.1 Å². The normalized spacial score (nSPS) is 13.2. The summed E-state index contributed by atoms with van der Waals surface area (Å²) in [6.07, 6.45) is 0.610. The van der Waals surface area contributed by atoms with E-state index in [0.29, 0.717) is 25.1 Å². The van der Waals surface area contributed by atoms with E-state index in [0.717, 1.165) is 11.3 Å². The molecule has 0 saturated carbocycles. The lowest BCUT2D eigenvalue weighted by atomic mass is 9.99. The lowest BCUT2D eigenvalue weighted by Gasteiger charge is -2.29. The number of hydrogen-bond donors (Lipinski definition) is 3. The zero-order valence-corrected chi connectivity index (χ0v) is 14.8. The molecule has 3 N–H and O–H groups in total. The lowest BCUT2D eigenvalue weighted by molar-refractivity contribution is 0.0969. The fourth-order valence-electron chi connectivity index (χ4n) is 2.59. The van der Waals surface area contributed by atoms with Gasteiger partial charge >= 0.3 is 0 Å². The number of benzene rings is 2. The molecular formula is C20H26N2O3. The number of rotatable bonds is 9. The van der Waals surface area contributed by atoms with Crippen molar-refractivity contribution in [2.45, 2.75) is 25.4 Å². The summed E-state index contributed by atoms with van der Waals surface area (Å²) >= 11 is 0. The molecule has 0 spiro atoms. The van der Waals surface area contributed by atoms with Crippen LogP contribution in [0.15, 0.2) is 54.6 Å². The molecule has 0 heterocycles. The van der Waals surface area contributed by atoms with E-state index >= 15 is 0 Å². The van der Waals surface area contributed by atoms with Crippen LogP contribution in [0.3, 0.4) is 0 Å². The summed E-state index contributed by atoms with van der Waals surface area (Å²) in [6, 6.07) is 16.9. The molecule has 2 aromatic carbocycles. The lowest BCUT2D eigenvalue weighted by Crippen LogP contribution is -2.46. The SMILES string of the molecule is COCC(C)(CCO)NCc1ccc(C(=O)Nc2ccccc2)cc1. The Morgan fingerprint density at radius 1 is 1.12 bits per heavy atom. The molecule has 0 aliphatic heterocycles. The van der Waals surface area contributed by atoms with Crippen molar-refractivity contribution in [2.24, 2.45) is 0 Å². The second-order valence-corrected chi connectivity index (χ2v) is 6.34. The van der Waals surface area contributed by atoms with E-state index in [2.05, 4.69) is 10.6 Å². The predicted octanol–water partition coefficient (Wildman–Crippen LogP) is 2.82. The maximum absolute atomic E-state index is 12.2. The number of carbonyl (C=O) groups excluding carboxylic acids is 1. The van der Waals surface area contributed by atoms with Crippen LogP contribution in [-0.2, 0) is 11.3 Å². The Bertz CT molecular complexity index is 650. The van der Waals surface area contributed by atoms with E-state index < -0.39 is 0 Å². The molecule has 0 aliphatic rings. The van der Waals surface area contributed by atoms with Gasteiger partial charge in [0.2, 0.25) is 0 Å². The Kier molecular flexibility index (Phi) is 7.13. The molecule has 0 bridgehead atoms. The summed E-state index contributed by atoms with van der Waals surface area (Å²) in [7, 11) is 1.65. The average Bonchev–Trinajstić information content (AvgIpc) is 2.62. The number of aliphatic hydroxyl groups is 1. The molecule has 5 nitrogen and oxygen atoms in total. The molecule has 1 amide bonds. The molecule has 0 radical (unpaired) electrons. The van der Waals surface area contributed by atoms with Crippen molar-refractivity contribution in [3.63, 3.8) is 0 Å². The second kappa shape index (κ2) is 9.32. The van der Waals surface area contributed by atoms with Crippen LogP contribution in [0.2, 0.25) is 0 Å². The third-order valence-corrected chi connectivity index (χ3v) is 4.09. The van der Waals surface area contributed by atoms with E-state index in [1.807, 2.05) is 61.5 Å². The predicted molar refractivity (Wildman–Crippen MR) is 99.7 cm³/mol. The number of methoxy groups -OCH3 is 1. The van der Waals surface area contributed by atoms with E-state index in [9.17, 15) is 9.90 Å². The fourth-order valence-corrected chi connectivity index (χ4v) is 2.59. The zero-order valence-electron chi connectivity index (χ0n) is 14.8. The molecule has 1 unspecified atom stereocenters. The van der Waals surface area contributed by atoms with E-state index in [1.165, 1.54) is 0 Å². The van der Waals surface area contributed by atoms with Gasteiger partial charge in [-0.1, -0.05) is 30.3 Å². The van der Waals surface area contributed by atoms with E-state index in [4.69, 9.17) is 4.74 Å². The van der Waals surface area contributed by atoms with Crippen molar-refractivity contribution >= 4 is 11.6 Å². The van der Waals surface area contributed by atoms with Gasteiger partial charge in [-0.2, -0.15) is 0 Å². The van der Waals surface area contributed by atoms with Gasteiger partial charge in [0.15, 0.2) is 0 Å². The Hall–Kier alpha value is -2.21. The molecule has 2 aromatic rings. The largest absolute Gasteiger partial charge is 0.396 e. The second-order valence-electron chi connectivity index (χ2n) is 6.34. The van der Waals surface area contributed by atoms with Crippen LogP contribution in [-0.4, -0.2) is 36.9 Å². The average molecular weight is 342 g/mol. The highest BCUT2D eigenvalue weighted by molar-refractivity contribution is 6.04. The van der Waals surface area contributed by atoms with Crippen LogP contribution in [0.5, 0.6) is 0 Å². The molecule has 134 valence electrons. The number of aliphatic hydroxyl groups excluding tert-OH is 1. The summed E-state index contributed by atoms with van der Waals surface area (Å²) in [4.78, 5) is 12.2. The van der Waals surface area contributed by atoms with Gasteiger partial charge in [-0.25, -0.2) is 0 Å². The molecule has 25 heavy (non-hydrogen) atoms. The molecule has 2 rings (SSSR count). The van der Waals surface area contributed by atoms with Gasteiger partial charge in [-0.15, -0.1) is 0 Å². The highest BCUT2D eigenvalue weighted by Gasteiger charge is 2.22. The van der Waals surface area contributed by atoms with Gasteiger partial charge in [0.05, 0.1) is 6.61 Å². The number of hydrogen-bond acceptors (Lipinski definition) is 4. The number of anilines is 1. The number of para-hydroxylation sites is 1. The third-order valence-electron chi connectivity index (χ3n) is 4.09. The zero-order chi connectivity index (χ0) is 18.1. The smallest absolute Gasteiger partial charge is 0.255 e. The summed E-state index contributed by atoms with van der Waals surface area (Å²) < 4.78 is 5.23. The van der Waals surface area contributed by atoms with Crippen molar-refractivity contribution < 1.29 is 14.6 Å². The number of nitrogens with one attached hydrogen (secondary N) is 2. The van der Waals surface area contributed by atoms with E-state index in [1.54, 1.807) is 7.11 Å². The van der Waals surface area contributed by atoms with Crippen LogP contribution in [0.4, 0.5) is 5.69 Å².